The molecule has 1 aliphatic heterocycles. The van der Waals surface area contributed by atoms with Crippen molar-refractivity contribution in [3.8, 4) is 11.5 Å². The minimum atomic E-state index is 0.560. The van der Waals surface area contributed by atoms with Gasteiger partial charge in [0.2, 0.25) is 0 Å². The quantitative estimate of drug-likeness (QED) is 0.492. The molecule has 0 amide bonds. The van der Waals surface area contributed by atoms with Gasteiger partial charge in [-0.3, -0.25) is 0 Å². The standard InChI is InChI=1S/C20H32BrN3O3/c1-5-22-20(24(2)9-6-15-7-10-27-11-8-15)23-14-16-12-18(25-3)19(26-4)13-17(16)21/h12-13,15H,5-11,14H2,1-4H3,(H,22,23). The summed E-state index contributed by atoms with van der Waals surface area (Å²) in [4.78, 5) is 7.04. The second kappa shape index (κ2) is 11.4. The molecule has 0 bridgehead atoms. The van der Waals surface area contributed by atoms with Crippen molar-refractivity contribution in [2.75, 3.05) is 47.6 Å². The van der Waals surface area contributed by atoms with Gasteiger partial charge in [-0.2, -0.15) is 0 Å². The van der Waals surface area contributed by atoms with Crippen LogP contribution in [-0.2, 0) is 11.3 Å². The van der Waals surface area contributed by atoms with E-state index in [1.54, 1.807) is 14.2 Å². The maximum absolute atomic E-state index is 5.45. The summed E-state index contributed by atoms with van der Waals surface area (Å²) in [5, 5.41) is 3.39. The first-order chi connectivity index (χ1) is 13.1. The maximum Gasteiger partial charge on any atom is 0.193 e. The second-order valence-corrected chi connectivity index (χ2v) is 7.59. The van der Waals surface area contributed by atoms with E-state index in [-0.39, 0.29) is 0 Å². The molecule has 1 heterocycles. The Morgan fingerprint density at radius 1 is 1.26 bits per heavy atom. The molecule has 0 spiro atoms. The molecule has 1 saturated heterocycles. The first kappa shape index (κ1) is 21.8. The number of halogens is 1. The van der Waals surface area contributed by atoms with Crippen molar-refractivity contribution in [2.45, 2.75) is 32.7 Å². The summed E-state index contributed by atoms with van der Waals surface area (Å²) in [6.07, 6.45) is 3.50. The van der Waals surface area contributed by atoms with Crippen molar-refractivity contribution in [2.24, 2.45) is 10.9 Å². The number of guanidine groups is 1. The molecule has 2 rings (SSSR count). The van der Waals surface area contributed by atoms with E-state index in [1.165, 1.54) is 19.3 Å². The molecule has 27 heavy (non-hydrogen) atoms. The molecule has 1 aromatic rings. The second-order valence-electron chi connectivity index (χ2n) is 6.73. The molecule has 0 saturated carbocycles. The van der Waals surface area contributed by atoms with Crippen molar-refractivity contribution in [1.29, 1.82) is 0 Å². The molecule has 1 fully saturated rings. The zero-order valence-corrected chi connectivity index (χ0v) is 18.5. The Hall–Kier alpha value is -1.47. The van der Waals surface area contributed by atoms with Crippen LogP contribution in [0.5, 0.6) is 11.5 Å². The van der Waals surface area contributed by atoms with Gasteiger partial charge in [0.25, 0.3) is 0 Å². The number of ether oxygens (including phenoxy) is 3. The fourth-order valence-electron chi connectivity index (χ4n) is 3.16. The zero-order valence-electron chi connectivity index (χ0n) is 16.9. The predicted molar refractivity (Wildman–Crippen MR) is 113 cm³/mol. The Morgan fingerprint density at radius 3 is 2.56 bits per heavy atom. The molecular weight excluding hydrogens is 410 g/mol. The van der Waals surface area contributed by atoms with Crippen LogP contribution in [0.3, 0.4) is 0 Å². The number of methoxy groups -OCH3 is 2. The van der Waals surface area contributed by atoms with E-state index in [9.17, 15) is 0 Å². The third-order valence-corrected chi connectivity index (χ3v) is 5.60. The van der Waals surface area contributed by atoms with Crippen molar-refractivity contribution >= 4 is 21.9 Å². The van der Waals surface area contributed by atoms with E-state index in [2.05, 4.69) is 40.1 Å². The summed E-state index contributed by atoms with van der Waals surface area (Å²) in [6.45, 7) is 6.28. The number of hydrogen-bond acceptors (Lipinski definition) is 4. The minimum absolute atomic E-state index is 0.560. The molecule has 0 radical (unpaired) electrons. The molecular formula is C20H32BrN3O3. The molecule has 0 atom stereocenters. The van der Waals surface area contributed by atoms with Crippen LogP contribution in [-0.4, -0.2) is 58.4 Å². The van der Waals surface area contributed by atoms with E-state index in [0.717, 1.165) is 48.2 Å². The van der Waals surface area contributed by atoms with Crippen molar-refractivity contribution in [3.63, 3.8) is 0 Å². The van der Waals surface area contributed by atoms with Gasteiger partial charge in [-0.15, -0.1) is 0 Å². The number of aliphatic imine (C=N–C) groups is 1. The first-order valence-corrected chi connectivity index (χ1v) is 10.4. The normalized spacial score (nSPS) is 15.5. The number of rotatable bonds is 8. The Kier molecular flexibility index (Phi) is 9.21. The highest BCUT2D eigenvalue weighted by Gasteiger charge is 2.16. The van der Waals surface area contributed by atoms with Gasteiger partial charge in [-0.25, -0.2) is 4.99 Å². The summed E-state index contributed by atoms with van der Waals surface area (Å²) in [5.74, 6) is 3.09. The summed E-state index contributed by atoms with van der Waals surface area (Å²) in [7, 11) is 5.39. The molecule has 0 unspecified atom stereocenters. The van der Waals surface area contributed by atoms with Crippen LogP contribution in [0.2, 0.25) is 0 Å². The van der Waals surface area contributed by atoms with E-state index >= 15 is 0 Å². The van der Waals surface area contributed by atoms with Gasteiger partial charge in [-0.05, 0) is 49.8 Å². The number of nitrogens with one attached hydrogen (secondary N) is 1. The fraction of sp³-hybridized carbons (Fsp3) is 0.650. The lowest BCUT2D eigenvalue weighted by Gasteiger charge is -2.27. The van der Waals surface area contributed by atoms with Gasteiger partial charge < -0.3 is 24.4 Å². The zero-order chi connectivity index (χ0) is 19.6. The van der Waals surface area contributed by atoms with Gasteiger partial charge >= 0.3 is 0 Å². The molecule has 152 valence electrons. The lowest BCUT2D eigenvalue weighted by Crippen LogP contribution is -2.40. The minimum Gasteiger partial charge on any atom is -0.493 e. The van der Waals surface area contributed by atoms with Crippen LogP contribution >= 0.6 is 15.9 Å². The summed E-state index contributed by atoms with van der Waals surface area (Å²) in [6, 6.07) is 3.89. The lowest BCUT2D eigenvalue weighted by atomic mass is 9.96. The largest absolute Gasteiger partial charge is 0.493 e. The number of nitrogens with zero attached hydrogens (tertiary/aromatic N) is 2. The van der Waals surface area contributed by atoms with Gasteiger partial charge in [0.05, 0.1) is 20.8 Å². The van der Waals surface area contributed by atoms with E-state index in [4.69, 9.17) is 19.2 Å². The molecule has 1 aliphatic rings. The topological polar surface area (TPSA) is 55.3 Å². The predicted octanol–water partition coefficient (Wildman–Crippen LogP) is 3.68. The maximum atomic E-state index is 5.45. The van der Waals surface area contributed by atoms with Gasteiger partial charge in [-0.1, -0.05) is 15.9 Å². The van der Waals surface area contributed by atoms with E-state index in [1.807, 2.05) is 12.1 Å². The number of hydrogen-bond donors (Lipinski definition) is 1. The Labute approximate surface area is 171 Å². The fourth-order valence-corrected chi connectivity index (χ4v) is 3.61. The smallest absolute Gasteiger partial charge is 0.193 e. The SMILES string of the molecule is CCNC(=NCc1cc(OC)c(OC)cc1Br)N(C)CCC1CCOCC1. The van der Waals surface area contributed by atoms with E-state index < -0.39 is 0 Å². The molecule has 1 aromatic carbocycles. The van der Waals surface area contributed by atoms with Crippen LogP contribution in [0.4, 0.5) is 0 Å². The highest BCUT2D eigenvalue weighted by molar-refractivity contribution is 9.10. The average Bonchev–Trinajstić information content (AvgIpc) is 2.70. The van der Waals surface area contributed by atoms with Crippen molar-refractivity contribution in [3.05, 3.63) is 22.2 Å². The van der Waals surface area contributed by atoms with E-state index in [0.29, 0.717) is 18.0 Å². The summed E-state index contributed by atoms with van der Waals surface area (Å²) < 4.78 is 17.2. The highest BCUT2D eigenvalue weighted by Crippen LogP contribution is 2.33. The highest BCUT2D eigenvalue weighted by atomic mass is 79.9. The molecule has 6 nitrogen and oxygen atoms in total. The van der Waals surface area contributed by atoms with Gasteiger partial charge in [0.1, 0.15) is 0 Å². The summed E-state index contributed by atoms with van der Waals surface area (Å²) in [5.41, 5.74) is 1.06. The van der Waals surface area contributed by atoms with Gasteiger partial charge in [0, 0.05) is 37.8 Å². The van der Waals surface area contributed by atoms with Crippen LogP contribution < -0.4 is 14.8 Å². The third-order valence-electron chi connectivity index (χ3n) is 4.86. The Bertz CT molecular complexity index is 619. The Morgan fingerprint density at radius 2 is 1.93 bits per heavy atom. The molecule has 0 aromatic heterocycles. The van der Waals surface area contributed by atoms with Crippen molar-refractivity contribution < 1.29 is 14.2 Å². The van der Waals surface area contributed by atoms with Crippen LogP contribution in [0.15, 0.2) is 21.6 Å². The summed E-state index contributed by atoms with van der Waals surface area (Å²) >= 11 is 3.61. The van der Waals surface area contributed by atoms with Crippen molar-refractivity contribution in [1.82, 2.24) is 10.2 Å². The molecule has 0 aliphatic carbocycles. The molecule has 1 N–H and O–H groups in total. The number of benzene rings is 1. The van der Waals surface area contributed by atoms with Gasteiger partial charge in [0.15, 0.2) is 17.5 Å². The monoisotopic (exact) mass is 441 g/mol. The molecule has 7 heteroatoms. The first-order valence-electron chi connectivity index (χ1n) is 9.56. The average molecular weight is 442 g/mol. The third kappa shape index (κ3) is 6.57. The lowest BCUT2D eigenvalue weighted by molar-refractivity contribution is 0.0625. The van der Waals surface area contributed by atoms with Crippen LogP contribution in [0.1, 0.15) is 31.7 Å². The van der Waals surface area contributed by atoms with Crippen LogP contribution in [0.25, 0.3) is 0 Å². The van der Waals surface area contributed by atoms with Crippen LogP contribution in [0, 0.1) is 5.92 Å². The Balaban J connectivity index is 2.03.